The van der Waals surface area contributed by atoms with E-state index in [1.807, 2.05) is 0 Å². The van der Waals surface area contributed by atoms with Crippen LogP contribution < -0.4 is 0 Å². The predicted molar refractivity (Wildman–Crippen MR) is 83.5 cm³/mol. The SMILES string of the molecule is CC=O.O=CCC(O)C(O)COP(=O)(O)O.O=P(O)(O)OCC(O)CO. The first-order chi connectivity index (χ1) is 11.7. The molecule has 0 heterocycles. The normalized spacial score (nSPS) is 14.7. The number of phosphoric acid groups is 2. The Morgan fingerprint density at radius 3 is 1.58 bits per heavy atom. The molecule has 0 aromatic carbocycles. The van der Waals surface area contributed by atoms with Crippen LogP contribution in [0.15, 0.2) is 0 Å². The lowest BCUT2D eigenvalue weighted by Gasteiger charge is -2.15. The summed E-state index contributed by atoms with van der Waals surface area (Å²) in [5, 5.41) is 34.5. The van der Waals surface area contributed by atoms with Gasteiger partial charge in [0.25, 0.3) is 0 Å². The van der Waals surface area contributed by atoms with Crippen LogP contribution in [-0.4, -0.2) is 90.7 Å². The van der Waals surface area contributed by atoms with Gasteiger partial charge in [0.05, 0.1) is 25.9 Å². The number of aliphatic hydroxyl groups is 4. The van der Waals surface area contributed by atoms with Gasteiger partial charge in [-0.05, 0) is 6.92 Å². The van der Waals surface area contributed by atoms with Gasteiger partial charge >= 0.3 is 15.6 Å². The van der Waals surface area contributed by atoms with Gasteiger partial charge in [-0.2, -0.15) is 0 Å². The van der Waals surface area contributed by atoms with E-state index in [4.69, 9.17) is 44.8 Å². The Kier molecular flexibility index (Phi) is 19.2. The molecule has 0 bridgehead atoms. The lowest BCUT2D eigenvalue weighted by molar-refractivity contribution is -0.111. The van der Waals surface area contributed by atoms with Crippen molar-refractivity contribution in [1.82, 2.24) is 0 Å². The molecule has 0 aromatic rings. The highest BCUT2D eigenvalue weighted by atomic mass is 31.2. The fraction of sp³-hybridized carbons (Fsp3) is 0.800. The van der Waals surface area contributed by atoms with Crippen molar-refractivity contribution >= 4 is 28.2 Å². The first-order valence-corrected chi connectivity index (χ1v) is 9.68. The zero-order valence-corrected chi connectivity index (χ0v) is 15.4. The second-order valence-electron chi connectivity index (χ2n) is 4.18. The maximum atomic E-state index is 10.1. The number of aliphatic hydroxyl groups excluding tert-OH is 4. The van der Waals surface area contributed by atoms with Crippen molar-refractivity contribution in [1.29, 1.82) is 0 Å². The molecule has 0 aliphatic heterocycles. The molecule has 0 aliphatic rings. The van der Waals surface area contributed by atoms with Crippen molar-refractivity contribution in [3.05, 3.63) is 0 Å². The maximum Gasteiger partial charge on any atom is 0.469 e. The van der Waals surface area contributed by atoms with Gasteiger partial charge in [-0.1, -0.05) is 0 Å². The van der Waals surface area contributed by atoms with Crippen molar-refractivity contribution < 1.29 is 67.8 Å². The molecule has 158 valence electrons. The van der Waals surface area contributed by atoms with Gasteiger partial charge in [0, 0.05) is 6.42 Å². The molecular formula is C10H24O14P2. The monoisotopic (exact) mass is 430 g/mol. The van der Waals surface area contributed by atoms with Crippen LogP contribution in [0.2, 0.25) is 0 Å². The highest BCUT2D eigenvalue weighted by Gasteiger charge is 2.21. The molecule has 8 N–H and O–H groups in total. The lowest BCUT2D eigenvalue weighted by atomic mass is 10.2. The molecule has 0 fully saturated rings. The Balaban J connectivity index is -0.000000362. The van der Waals surface area contributed by atoms with E-state index in [2.05, 4.69) is 9.05 Å². The molecule has 0 radical (unpaired) electrons. The molecule has 0 rings (SSSR count). The molecule has 14 nitrogen and oxygen atoms in total. The van der Waals surface area contributed by atoms with Crippen molar-refractivity contribution in [3.63, 3.8) is 0 Å². The summed E-state index contributed by atoms with van der Waals surface area (Å²) in [4.78, 5) is 51.2. The van der Waals surface area contributed by atoms with Crippen molar-refractivity contribution in [2.75, 3.05) is 19.8 Å². The van der Waals surface area contributed by atoms with E-state index in [1.54, 1.807) is 0 Å². The van der Waals surface area contributed by atoms with Crippen LogP contribution in [0.5, 0.6) is 0 Å². The summed E-state index contributed by atoms with van der Waals surface area (Å²) in [5.74, 6) is 0. The van der Waals surface area contributed by atoms with Crippen LogP contribution in [0.3, 0.4) is 0 Å². The third kappa shape index (κ3) is 28.2. The van der Waals surface area contributed by atoms with Crippen LogP contribution in [-0.2, 0) is 27.8 Å². The second-order valence-corrected chi connectivity index (χ2v) is 6.66. The summed E-state index contributed by atoms with van der Waals surface area (Å²) in [5.41, 5.74) is 0. The largest absolute Gasteiger partial charge is 0.469 e. The molecule has 16 heteroatoms. The first-order valence-electron chi connectivity index (χ1n) is 6.62. The standard InChI is InChI=1S/C5H11O7P.C3H9O6P.C2H4O/c6-2-1-4(7)5(8)3-12-13(9,10)11;4-1-3(5)2-9-10(6,7)8;1-2-3/h2,4-5,7-8H,1,3H2,(H2,9,10,11);3-5H,1-2H2,(H2,6,7,8);2H,1H3. The van der Waals surface area contributed by atoms with E-state index in [0.717, 1.165) is 6.29 Å². The van der Waals surface area contributed by atoms with Crippen LogP contribution in [0.4, 0.5) is 0 Å². The van der Waals surface area contributed by atoms with Gasteiger partial charge in [0.2, 0.25) is 0 Å². The minimum absolute atomic E-state index is 0.314. The van der Waals surface area contributed by atoms with Gasteiger partial charge in [-0.3, -0.25) is 9.05 Å². The van der Waals surface area contributed by atoms with Crippen LogP contribution >= 0.6 is 15.6 Å². The summed E-state index contributed by atoms with van der Waals surface area (Å²) < 4.78 is 27.8. The third-order valence-electron chi connectivity index (χ3n) is 1.84. The Hall–Kier alpha value is -0.600. The molecule has 0 spiro atoms. The maximum absolute atomic E-state index is 10.1. The summed E-state index contributed by atoms with van der Waals surface area (Å²) in [7, 11) is -9.14. The fourth-order valence-corrected chi connectivity index (χ4v) is 1.49. The molecule has 3 atom stereocenters. The van der Waals surface area contributed by atoms with Gasteiger partial charge in [0.15, 0.2) is 0 Å². The fourth-order valence-electron chi connectivity index (χ4n) is 0.776. The molecule has 3 unspecified atom stereocenters. The summed E-state index contributed by atoms with van der Waals surface area (Å²) in [6.07, 6.45) is -3.29. The first kappa shape index (κ1) is 30.1. The average molecular weight is 430 g/mol. The highest BCUT2D eigenvalue weighted by molar-refractivity contribution is 7.46. The van der Waals surface area contributed by atoms with Crippen LogP contribution in [0, 0.1) is 0 Å². The summed E-state index contributed by atoms with van der Waals surface area (Å²) >= 11 is 0. The van der Waals surface area contributed by atoms with Crippen LogP contribution in [0.1, 0.15) is 13.3 Å². The minimum atomic E-state index is -4.64. The molecular weight excluding hydrogens is 406 g/mol. The summed E-state index contributed by atoms with van der Waals surface area (Å²) in [6, 6.07) is 0. The number of phosphoric ester groups is 2. The number of hydrogen-bond acceptors (Lipinski definition) is 10. The zero-order valence-electron chi connectivity index (χ0n) is 13.6. The average Bonchev–Trinajstić information content (AvgIpc) is 2.50. The van der Waals surface area contributed by atoms with E-state index in [0.29, 0.717) is 6.29 Å². The van der Waals surface area contributed by atoms with Gasteiger partial charge < -0.3 is 49.6 Å². The smallest absolute Gasteiger partial charge is 0.394 e. The van der Waals surface area contributed by atoms with E-state index in [-0.39, 0.29) is 6.42 Å². The van der Waals surface area contributed by atoms with Crippen molar-refractivity contribution in [2.24, 2.45) is 0 Å². The highest BCUT2D eigenvalue weighted by Crippen LogP contribution is 2.36. The molecule has 0 saturated heterocycles. The van der Waals surface area contributed by atoms with Crippen molar-refractivity contribution in [2.45, 2.75) is 31.7 Å². The number of carbonyl (C=O) groups excluding carboxylic acids is 2. The van der Waals surface area contributed by atoms with E-state index < -0.39 is 53.8 Å². The second kappa shape index (κ2) is 16.6. The van der Waals surface area contributed by atoms with Gasteiger partial charge in [-0.25, -0.2) is 9.13 Å². The number of aldehydes is 2. The van der Waals surface area contributed by atoms with Crippen LogP contribution in [0.25, 0.3) is 0 Å². The Labute approximate surface area is 148 Å². The predicted octanol–water partition coefficient (Wildman–Crippen LogP) is -2.94. The number of carbonyl (C=O) groups is 2. The topological polar surface area (TPSA) is 249 Å². The number of rotatable bonds is 10. The lowest BCUT2D eigenvalue weighted by Crippen LogP contribution is -2.30. The quantitative estimate of drug-likeness (QED) is 0.128. The molecule has 0 aliphatic carbocycles. The van der Waals surface area contributed by atoms with Gasteiger partial charge in [-0.15, -0.1) is 0 Å². The molecule has 26 heavy (non-hydrogen) atoms. The van der Waals surface area contributed by atoms with E-state index in [1.165, 1.54) is 6.92 Å². The molecule has 0 aromatic heterocycles. The molecule has 0 amide bonds. The summed E-state index contributed by atoms with van der Waals surface area (Å²) in [6.45, 7) is -0.430. The number of hydrogen-bond donors (Lipinski definition) is 8. The van der Waals surface area contributed by atoms with Crippen molar-refractivity contribution in [3.8, 4) is 0 Å². The Bertz CT molecular complexity index is 445. The van der Waals surface area contributed by atoms with E-state index >= 15 is 0 Å². The Morgan fingerprint density at radius 2 is 1.27 bits per heavy atom. The zero-order chi connectivity index (χ0) is 21.4. The minimum Gasteiger partial charge on any atom is -0.394 e. The Morgan fingerprint density at radius 1 is 0.885 bits per heavy atom. The molecule has 0 saturated carbocycles. The third-order valence-corrected chi connectivity index (χ3v) is 2.81. The van der Waals surface area contributed by atoms with E-state index in [9.17, 15) is 13.9 Å². The van der Waals surface area contributed by atoms with Gasteiger partial charge in [0.1, 0.15) is 24.8 Å².